The van der Waals surface area contributed by atoms with E-state index in [9.17, 15) is 9.59 Å². The third-order valence-electron chi connectivity index (χ3n) is 4.45. The fraction of sp³-hybridized carbons (Fsp3) is 0.529. The van der Waals surface area contributed by atoms with Gasteiger partial charge >= 0.3 is 0 Å². The van der Waals surface area contributed by atoms with Crippen LogP contribution in [0.4, 0.5) is 0 Å². The Hall–Kier alpha value is -1.44. The van der Waals surface area contributed by atoms with Crippen molar-refractivity contribution in [3.8, 4) is 0 Å². The molecule has 0 saturated carbocycles. The summed E-state index contributed by atoms with van der Waals surface area (Å²) in [5.74, 6) is 0.209. The van der Waals surface area contributed by atoms with Crippen LogP contribution in [0.5, 0.6) is 0 Å². The van der Waals surface area contributed by atoms with Gasteiger partial charge < -0.3 is 14.5 Å². The topological polar surface area (TPSA) is 53.1 Å². The molecule has 3 rings (SSSR count). The Bertz CT molecular complexity index is 596. The smallest absolute Gasteiger partial charge is 0.253 e. The van der Waals surface area contributed by atoms with Crippen molar-refractivity contribution in [1.29, 1.82) is 0 Å². The van der Waals surface area contributed by atoms with Gasteiger partial charge in [-0.25, -0.2) is 0 Å². The van der Waals surface area contributed by atoms with Crippen LogP contribution in [-0.2, 0) is 9.53 Å². The molecule has 0 unspecified atom stereocenters. The van der Waals surface area contributed by atoms with Gasteiger partial charge in [-0.2, -0.15) is 0 Å². The summed E-state index contributed by atoms with van der Waals surface area (Å²) in [4.78, 5) is 30.7. The molecule has 2 fully saturated rings. The lowest BCUT2D eigenvalue weighted by atomic mass is 10.2. The van der Waals surface area contributed by atoms with Crippen molar-refractivity contribution in [2.45, 2.75) is 0 Å². The summed E-state index contributed by atoms with van der Waals surface area (Å²) >= 11 is 3.40. The minimum absolute atomic E-state index is 0.0513. The standard InChI is InChI=1S/C17H22BrN3O3/c18-15-3-1-2-14(12-15)17(23)21-6-4-19(5-7-21)13-16(22)20-8-10-24-11-9-20/h1-3,12H,4-11,13H2. The number of carbonyl (C=O) groups is 2. The van der Waals surface area contributed by atoms with E-state index in [-0.39, 0.29) is 11.8 Å². The Morgan fingerprint density at radius 1 is 1.00 bits per heavy atom. The molecule has 0 bridgehead atoms. The van der Waals surface area contributed by atoms with Crippen molar-refractivity contribution in [2.24, 2.45) is 0 Å². The number of amides is 2. The fourth-order valence-corrected chi connectivity index (χ4v) is 3.42. The van der Waals surface area contributed by atoms with Gasteiger partial charge in [-0.3, -0.25) is 14.5 Å². The van der Waals surface area contributed by atoms with E-state index in [0.717, 1.165) is 17.6 Å². The van der Waals surface area contributed by atoms with E-state index >= 15 is 0 Å². The summed E-state index contributed by atoms with van der Waals surface area (Å²) in [6.45, 7) is 5.82. The van der Waals surface area contributed by atoms with Crippen LogP contribution in [0.3, 0.4) is 0 Å². The fourth-order valence-electron chi connectivity index (χ4n) is 3.02. The number of hydrogen-bond acceptors (Lipinski definition) is 4. The van der Waals surface area contributed by atoms with Crippen LogP contribution in [-0.4, -0.2) is 85.5 Å². The normalized spacial score (nSPS) is 19.4. The van der Waals surface area contributed by atoms with E-state index in [4.69, 9.17) is 4.74 Å². The SMILES string of the molecule is O=C(CN1CCN(C(=O)c2cccc(Br)c2)CC1)N1CCOCC1. The first-order chi connectivity index (χ1) is 11.6. The summed E-state index contributed by atoms with van der Waals surface area (Å²) in [6, 6.07) is 7.46. The highest BCUT2D eigenvalue weighted by Gasteiger charge is 2.25. The Morgan fingerprint density at radius 3 is 2.38 bits per heavy atom. The number of nitrogens with zero attached hydrogens (tertiary/aromatic N) is 3. The van der Waals surface area contributed by atoms with Gasteiger partial charge in [0.05, 0.1) is 19.8 Å². The molecule has 130 valence electrons. The predicted octanol–water partition coefficient (Wildman–Crippen LogP) is 1.07. The first kappa shape index (κ1) is 17.4. The lowest BCUT2D eigenvalue weighted by Gasteiger charge is -2.36. The monoisotopic (exact) mass is 395 g/mol. The third kappa shape index (κ3) is 4.34. The molecule has 7 heteroatoms. The van der Waals surface area contributed by atoms with Crippen LogP contribution in [0.1, 0.15) is 10.4 Å². The first-order valence-electron chi connectivity index (χ1n) is 8.26. The quantitative estimate of drug-likeness (QED) is 0.767. The van der Waals surface area contributed by atoms with Gasteiger partial charge in [0.15, 0.2) is 0 Å². The van der Waals surface area contributed by atoms with Crippen molar-refractivity contribution in [2.75, 3.05) is 59.0 Å². The van der Waals surface area contributed by atoms with Gasteiger partial charge in [0.1, 0.15) is 0 Å². The maximum absolute atomic E-state index is 12.5. The highest BCUT2D eigenvalue weighted by molar-refractivity contribution is 9.10. The minimum Gasteiger partial charge on any atom is -0.378 e. The molecule has 2 heterocycles. The first-order valence-corrected chi connectivity index (χ1v) is 9.05. The number of halogens is 1. The molecule has 0 N–H and O–H groups in total. The van der Waals surface area contributed by atoms with Crippen LogP contribution in [0.15, 0.2) is 28.7 Å². The molecular weight excluding hydrogens is 374 g/mol. The summed E-state index contributed by atoms with van der Waals surface area (Å²) in [7, 11) is 0. The molecule has 0 aliphatic carbocycles. The molecule has 1 aromatic rings. The zero-order valence-corrected chi connectivity index (χ0v) is 15.2. The molecule has 0 spiro atoms. The molecule has 1 aromatic carbocycles. The Balaban J connectivity index is 1.48. The van der Waals surface area contributed by atoms with Gasteiger partial charge in [-0.15, -0.1) is 0 Å². The molecule has 2 saturated heterocycles. The van der Waals surface area contributed by atoms with Crippen molar-refractivity contribution in [3.63, 3.8) is 0 Å². The molecule has 0 atom stereocenters. The Kier molecular flexibility index (Phi) is 5.86. The van der Waals surface area contributed by atoms with Gasteiger partial charge in [0, 0.05) is 49.3 Å². The molecule has 24 heavy (non-hydrogen) atoms. The van der Waals surface area contributed by atoms with Gasteiger partial charge in [0.25, 0.3) is 5.91 Å². The highest BCUT2D eigenvalue weighted by Crippen LogP contribution is 2.15. The summed E-state index contributed by atoms with van der Waals surface area (Å²) < 4.78 is 6.18. The number of hydrogen-bond donors (Lipinski definition) is 0. The van der Waals surface area contributed by atoms with Crippen molar-refractivity contribution in [1.82, 2.24) is 14.7 Å². The second-order valence-corrected chi connectivity index (χ2v) is 6.99. The van der Waals surface area contributed by atoms with Crippen LogP contribution in [0, 0.1) is 0 Å². The predicted molar refractivity (Wildman–Crippen MR) is 93.9 cm³/mol. The second kappa shape index (κ2) is 8.09. The van der Waals surface area contributed by atoms with E-state index in [1.165, 1.54) is 0 Å². The number of piperazine rings is 1. The summed E-state index contributed by atoms with van der Waals surface area (Å²) in [6.07, 6.45) is 0. The zero-order valence-electron chi connectivity index (χ0n) is 13.6. The number of rotatable bonds is 3. The van der Waals surface area contributed by atoms with Crippen molar-refractivity contribution in [3.05, 3.63) is 34.3 Å². The van der Waals surface area contributed by atoms with Crippen LogP contribution >= 0.6 is 15.9 Å². The average molecular weight is 396 g/mol. The lowest BCUT2D eigenvalue weighted by Crippen LogP contribution is -2.52. The van der Waals surface area contributed by atoms with E-state index in [2.05, 4.69) is 20.8 Å². The maximum Gasteiger partial charge on any atom is 0.253 e. The maximum atomic E-state index is 12.5. The Morgan fingerprint density at radius 2 is 1.71 bits per heavy atom. The molecule has 0 aromatic heterocycles. The molecule has 2 aliphatic rings. The number of ether oxygens (including phenoxy) is 1. The number of morpholine rings is 1. The third-order valence-corrected chi connectivity index (χ3v) is 4.95. The van der Waals surface area contributed by atoms with Crippen LogP contribution in [0.2, 0.25) is 0 Å². The number of carbonyl (C=O) groups excluding carboxylic acids is 2. The van der Waals surface area contributed by atoms with E-state index in [1.807, 2.05) is 34.1 Å². The molecule has 2 amide bonds. The van der Waals surface area contributed by atoms with E-state index in [0.29, 0.717) is 51.5 Å². The summed E-state index contributed by atoms with van der Waals surface area (Å²) in [5, 5.41) is 0. The van der Waals surface area contributed by atoms with Gasteiger partial charge in [0.2, 0.25) is 5.91 Å². The highest BCUT2D eigenvalue weighted by atomic mass is 79.9. The van der Waals surface area contributed by atoms with E-state index in [1.54, 1.807) is 0 Å². The largest absolute Gasteiger partial charge is 0.378 e. The van der Waals surface area contributed by atoms with Crippen LogP contribution in [0.25, 0.3) is 0 Å². The molecule has 2 aliphatic heterocycles. The zero-order chi connectivity index (χ0) is 16.9. The van der Waals surface area contributed by atoms with Crippen molar-refractivity contribution >= 4 is 27.7 Å². The van der Waals surface area contributed by atoms with E-state index < -0.39 is 0 Å². The molecule has 0 radical (unpaired) electrons. The number of benzene rings is 1. The lowest BCUT2D eigenvalue weighted by molar-refractivity contribution is -0.136. The minimum atomic E-state index is 0.0513. The Labute approximate surface area is 150 Å². The summed E-state index contributed by atoms with van der Waals surface area (Å²) in [5.41, 5.74) is 0.696. The molecular formula is C17H22BrN3O3. The van der Waals surface area contributed by atoms with Crippen molar-refractivity contribution < 1.29 is 14.3 Å². The van der Waals surface area contributed by atoms with Gasteiger partial charge in [-0.1, -0.05) is 22.0 Å². The van der Waals surface area contributed by atoms with Gasteiger partial charge in [-0.05, 0) is 18.2 Å². The molecule has 6 nitrogen and oxygen atoms in total. The second-order valence-electron chi connectivity index (χ2n) is 6.07. The van der Waals surface area contributed by atoms with Crippen LogP contribution < -0.4 is 0 Å². The average Bonchev–Trinajstić information content (AvgIpc) is 2.62.